The zero-order valence-electron chi connectivity index (χ0n) is 12.0. The minimum atomic E-state index is -0.174. The second-order valence-electron chi connectivity index (χ2n) is 5.25. The maximum atomic E-state index is 11.8. The van der Waals surface area contributed by atoms with Gasteiger partial charge in [0.1, 0.15) is 5.82 Å². The molecular formula is C15H23N3O2. The molecule has 0 radical (unpaired) electrons. The van der Waals surface area contributed by atoms with Gasteiger partial charge in [0.15, 0.2) is 0 Å². The number of carbonyl (C=O) groups excluding carboxylic acids is 1. The highest BCUT2D eigenvalue weighted by atomic mass is 16.6. The van der Waals surface area contributed by atoms with E-state index in [9.17, 15) is 4.79 Å². The van der Waals surface area contributed by atoms with Crippen LogP contribution in [0.25, 0.3) is 0 Å². The molecule has 1 aromatic heterocycles. The Morgan fingerprint density at radius 1 is 1.45 bits per heavy atom. The van der Waals surface area contributed by atoms with E-state index >= 15 is 0 Å². The second-order valence-corrected chi connectivity index (χ2v) is 5.25. The van der Waals surface area contributed by atoms with Crippen LogP contribution < -0.4 is 5.73 Å². The van der Waals surface area contributed by atoms with Crippen LogP contribution >= 0.6 is 0 Å². The molecule has 2 N–H and O–H groups in total. The number of piperidine rings is 1. The fraction of sp³-hybridized carbons (Fsp3) is 0.600. The van der Waals surface area contributed by atoms with Gasteiger partial charge < -0.3 is 15.4 Å². The first kappa shape index (κ1) is 14.6. The minimum Gasteiger partial charge on any atom is -0.449 e. The molecule has 1 fully saturated rings. The highest BCUT2D eigenvalue weighted by Crippen LogP contribution is 2.28. The third-order valence-electron chi connectivity index (χ3n) is 3.76. The molecule has 0 spiro atoms. The number of nitrogens with two attached hydrogens (primary N) is 1. The average Bonchev–Trinajstić information content (AvgIpc) is 2.48. The fourth-order valence-corrected chi connectivity index (χ4v) is 2.45. The molecule has 2 rings (SSSR count). The maximum Gasteiger partial charge on any atom is 0.409 e. The zero-order valence-corrected chi connectivity index (χ0v) is 12.0. The molecule has 0 bridgehead atoms. The second kappa shape index (κ2) is 7.12. The normalized spacial score (nSPS) is 16.1. The topological polar surface area (TPSA) is 68.5 Å². The summed E-state index contributed by atoms with van der Waals surface area (Å²) in [5.74, 6) is 1.01. The SMILES string of the molecule is CCCCOC(=O)N1CCC(c2ccc(N)nc2)CC1. The number of nitrogen functional groups attached to an aromatic ring is 1. The Bertz CT molecular complexity index is 425. The molecule has 5 heteroatoms. The predicted octanol–water partition coefficient (Wildman–Crippen LogP) is 2.78. The number of carbonyl (C=O) groups is 1. The van der Waals surface area contributed by atoms with Gasteiger partial charge in [0.2, 0.25) is 0 Å². The Morgan fingerprint density at radius 2 is 2.20 bits per heavy atom. The summed E-state index contributed by atoms with van der Waals surface area (Å²) in [7, 11) is 0. The summed E-state index contributed by atoms with van der Waals surface area (Å²) in [5, 5.41) is 0. The number of amides is 1. The molecule has 20 heavy (non-hydrogen) atoms. The summed E-state index contributed by atoms with van der Waals surface area (Å²) < 4.78 is 5.24. The van der Waals surface area contributed by atoms with E-state index in [1.54, 1.807) is 4.90 Å². The van der Waals surface area contributed by atoms with Crippen LogP contribution in [0.5, 0.6) is 0 Å². The molecule has 0 saturated carbocycles. The van der Waals surface area contributed by atoms with Crippen molar-refractivity contribution in [3.63, 3.8) is 0 Å². The molecule has 5 nitrogen and oxygen atoms in total. The molecule has 2 heterocycles. The molecule has 1 aliphatic heterocycles. The van der Waals surface area contributed by atoms with Crippen LogP contribution in [-0.4, -0.2) is 35.7 Å². The Balaban J connectivity index is 1.80. The fourth-order valence-electron chi connectivity index (χ4n) is 2.45. The van der Waals surface area contributed by atoms with Crippen LogP contribution in [0.1, 0.15) is 44.1 Å². The van der Waals surface area contributed by atoms with Crippen molar-refractivity contribution in [2.24, 2.45) is 0 Å². The number of rotatable bonds is 4. The first-order valence-corrected chi connectivity index (χ1v) is 7.34. The number of likely N-dealkylation sites (tertiary alicyclic amines) is 1. The van der Waals surface area contributed by atoms with Crippen LogP contribution in [-0.2, 0) is 4.74 Å². The standard InChI is InChI=1S/C15H23N3O2/c1-2-3-10-20-15(19)18-8-6-12(7-9-18)13-4-5-14(16)17-11-13/h4-5,11-12H,2-3,6-10H2,1H3,(H2,16,17). The van der Waals surface area contributed by atoms with Gasteiger partial charge in [-0.1, -0.05) is 19.4 Å². The van der Waals surface area contributed by atoms with E-state index in [0.29, 0.717) is 18.3 Å². The lowest BCUT2D eigenvalue weighted by Gasteiger charge is -2.31. The lowest BCUT2D eigenvalue weighted by Crippen LogP contribution is -2.38. The van der Waals surface area contributed by atoms with Crippen LogP contribution in [0, 0.1) is 0 Å². The highest BCUT2D eigenvalue weighted by molar-refractivity contribution is 5.67. The van der Waals surface area contributed by atoms with Gasteiger partial charge in [-0.2, -0.15) is 0 Å². The van der Waals surface area contributed by atoms with E-state index in [1.165, 1.54) is 5.56 Å². The Morgan fingerprint density at radius 3 is 2.80 bits per heavy atom. The molecule has 1 saturated heterocycles. The number of nitrogens with zero attached hydrogens (tertiary/aromatic N) is 2. The molecule has 0 atom stereocenters. The predicted molar refractivity (Wildman–Crippen MR) is 78.5 cm³/mol. The largest absolute Gasteiger partial charge is 0.449 e. The van der Waals surface area contributed by atoms with Crippen molar-refractivity contribution in [3.05, 3.63) is 23.9 Å². The Hall–Kier alpha value is -1.78. The first-order valence-electron chi connectivity index (χ1n) is 7.34. The van der Waals surface area contributed by atoms with Gasteiger partial charge in [-0.3, -0.25) is 0 Å². The van der Waals surface area contributed by atoms with Gasteiger partial charge >= 0.3 is 6.09 Å². The van der Waals surface area contributed by atoms with Crippen molar-refractivity contribution in [3.8, 4) is 0 Å². The smallest absolute Gasteiger partial charge is 0.409 e. The number of unbranched alkanes of at least 4 members (excludes halogenated alkanes) is 1. The molecule has 1 aliphatic rings. The van der Waals surface area contributed by atoms with Gasteiger partial charge in [-0.25, -0.2) is 9.78 Å². The molecule has 0 unspecified atom stereocenters. The Labute approximate surface area is 120 Å². The van der Waals surface area contributed by atoms with Gasteiger partial charge in [-0.15, -0.1) is 0 Å². The number of pyridine rings is 1. The van der Waals surface area contributed by atoms with E-state index in [0.717, 1.165) is 38.8 Å². The van der Waals surface area contributed by atoms with E-state index in [1.807, 2.05) is 18.3 Å². The molecule has 110 valence electrons. The minimum absolute atomic E-state index is 0.174. The summed E-state index contributed by atoms with van der Waals surface area (Å²) in [6.45, 7) is 4.11. The number of hydrogen-bond donors (Lipinski definition) is 1. The highest BCUT2D eigenvalue weighted by Gasteiger charge is 2.24. The van der Waals surface area contributed by atoms with E-state index in [2.05, 4.69) is 11.9 Å². The van der Waals surface area contributed by atoms with Crippen molar-refractivity contribution in [1.29, 1.82) is 0 Å². The summed E-state index contributed by atoms with van der Waals surface area (Å²) >= 11 is 0. The number of aromatic nitrogens is 1. The van der Waals surface area contributed by atoms with Crippen LogP contribution in [0.3, 0.4) is 0 Å². The molecular weight excluding hydrogens is 254 g/mol. The monoisotopic (exact) mass is 277 g/mol. The summed E-state index contributed by atoms with van der Waals surface area (Å²) in [6, 6.07) is 3.86. The van der Waals surface area contributed by atoms with Gasteiger partial charge in [0.05, 0.1) is 6.61 Å². The lowest BCUT2D eigenvalue weighted by molar-refractivity contribution is 0.0916. The van der Waals surface area contributed by atoms with E-state index in [-0.39, 0.29) is 6.09 Å². The third-order valence-corrected chi connectivity index (χ3v) is 3.76. The van der Waals surface area contributed by atoms with Crippen molar-refractivity contribution < 1.29 is 9.53 Å². The van der Waals surface area contributed by atoms with Crippen molar-refractivity contribution in [1.82, 2.24) is 9.88 Å². The molecule has 1 amide bonds. The Kier molecular flexibility index (Phi) is 5.21. The van der Waals surface area contributed by atoms with E-state index < -0.39 is 0 Å². The summed E-state index contributed by atoms with van der Waals surface area (Å²) in [5.41, 5.74) is 6.80. The quantitative estimate of drug-likeness (QED) is 0.859. The first-order chi connectivity index (χ1) is 9.70. The summed E-state index contributed by atoms with van der Waals surface area (Å²) in [6.07, 6.45) is 5.55. The van der Waals surface area contributed by atoms with Crippen LogP contribution in [0.4, 0.5) is 10.6 Å². The average molecular weight is 277 g/mol. The molecule has 1 aromatic rings. The van der Waals surface area contributed by atoms with Gasteiger partial charge in [0.25, 0.3) is 0 Å². The molecule has 0 aliphatic carbocycles. The number of ether oxygens (including phenoxy) is 1. The zero-order chi connectivity index (χ0) is 14.4. The molecule has 0 aromatic carbocycles. The summed E-state index contributed by atoms with van der Waals surface area (Å²) in [4.78, 5) is 17.8. The van der Waals surface area contributed by atoms with E-state index in [4.69, 9.17) is 10.5 Å². The van der Waals surface area contributed by atoms with Crippen LogP contribution in [0.2, 0.25) is 0 Å². The number of anilines is 1. The lowest BCUT2D eigenvalue weighted by atomic mass is 9.91. The van der Waals surface area contributed by atoms with Gasteiger partial charge in [0, 0.05) is 19.3 Å². The number of hydrogen-bond acceptors (Lipinski definition) is 4. The van der Waals surface area contributed by atoms with Crippen LogP contribution in [0.15, 0.2) is 18.3 Å². The van der Waals surface area contributed by atoms with Crippen molar-refractivity contribution in [2.45, 2.75) is 38.5 Å². The van der Waals surface area contributed by atoms with Crippen molar-refractivity contribution >= 4 is 11.9 Å². The van der Waals surface area contributed by atoms with Crippen molar-refractivity contribution in [2.75, 3.05) is 25.4 Å². The third kappa shape index (κ3) is 3.85. The maximum absolute atomic E-state index is 11.8. The van der Waals surface area contributed by atoms with Gasteiger partial charge in [-0.05, 0) is 36.8 Å².